The first kappa shape index (κ1) is 33.9. The molecule has 2 N–H and O–H groups in total. The Labute approximate surface area is 281 Å². The molecule has 47 heavy (non-hydrogen) atoms. The van der Waals surface area contributed by atoms with Gasteiger partial charge in [0.15, 0.2) is 0 Å². The highest BCUT2D eigenvalue weighted by atomic mass is 35.5. The van der Waals surface area contributed by atoms with Crippen LogP contribution in [0.2, 0.25) is 10.0 Å². The van der Waals surface area contributed by atoms with Crippen LogP contribution in [0.5, 0.6) is 11.8 Å². The Balaban J connectivity index is 1.24. The smallest absolute Gasteiger partial charge is 0.297 e. The lowest BCUT2D eigenvalue weighted by molar-refractivity contribution is -0.140. The van der Waals surface area contributed by atoms with Crippen LogP contribution in [0.25, 0.3) is 11.0 Å². The molecule has 1 aliphatic rings. The van der Waals surface area contributed by atoms with Crippen molar-refractivity contribution >= 4 is 57.6 Å². The summed E-state index contributed by atoms with van der Waals surface area (Å²) in [4.78, 5) is 49.8. The van der Waals surface area contributed by atoms with E-state index in [1.54, 1.807) is 43.5 Å². The molecule has 1 fully saturated rings. The Hall–Kier alpha value is -4.43. The van der Waals surface area contributed by atoms with E-state index in [2.05, 4.69) is 20.6 Å². The number of amides is 3. The number of hydrogen-bond donors (Lipinski definition) is 2. The summed E-state index contributed by atoms with van der Waals surface area (Å²) in [5.41, 5.74) is 3.11. The van der Waals surface area contributed by atoms with Crippen molar-refractivity contribution < 1.29 is 28.6 Å². The van der Waals surface area contributed by atoms with Crippen molar-refractivity contribution in [1.82, 2.24) is 30.1 Å². The predicted octanol–water partition coefficient (Wildman–Crippen LogP) is 2.90. The molecule has 248 valence electrons. The summed E-state index contributed by atoms with van der Waals surface area (Å²) in [6.45, 7) is 1.32. The standard InChI is InChI=1S/C32H35Cl2N7O6/c1-35-31(44)26-17-40(13-14-46-26)18-27(42)37-15-28(43)39(2)23-11-10-22(33)21(29(23)34)19-47-25-9-6-8-24-30(25)38-32(45-3)41(24)16-20-7-4-5-12-36-20/h4-12,26H,13-19H2,1-3H3,(H,35,44)(H,37,42). The average molecular weight is 685 g/mol. The third kappa shape index (κ3) is 7.93. The topological polar surface area (TPSA) is 140 Å². The quantitative estimate of drug-likeness (QED) is 0.231. The molecule has 2 aromatic carbocycles. The number of para-hydroxylation sites is 1. The highest BCUT2D eigenvalue weighted by molar-refractivity contribution is 6.38. The molecule has 3 amide bonds. The molecule has 3 heterocycles. The molecule has 2 aromatic heterocycles. The normalized spacial score (nSPS) is 14.9. The van der Waals surface area contributed by atoms with Crippen LogP contribution in [-0.2, 0) is 32.3 Å². The largest absolute Gasteiger partial charge is 0.486 e. The number of fused-ring (bicyclic) bond motifs is 1. The van der Waals surface area contributed by atoms with E-state index in [4.69, 9.17) is 37.4 Å². The van der Waals surface area contributed by atoms with Crippen LogP contribution >= 0.6 is 23.2 Å². The minimum absolute atomic E-state index is 0.00456. The van der Waals surface area contributed by atoms with Crippen molar-refractivity contribution in [3.05, 3.63) is 76.0 Å². The Morgan fingerprint density at radius 1 is 1.13 bits per heavy atom. The first-order valence-electron chi connectivity index (χ1n) is 14.8. The van der Waals surface area contributed by atoms with Gasteiger partial charge in [-0.15, -0.1) is 0 Å². The van der Waals surface area contributed by atoms with E-state index in [1.165, 1.54) is 11.9 Å². The number of methoxy groups -OCH3 is 1. The molecule has 1 aliphatic heterocycles. The molecule has 0 saturated carbocycles. The third-order valence-electron chi connectivity index (χ3n) is 7.70. The average Bonchev–Trinajstić information content (AvgIpc) is 3.44. The van der Waals surface area contributed by atoms with Crippen molar-refractivity contribution in [3.8, 4) is 11.8 Å². The van der Waals surface area contributed by atoms with Gasteiger partial charge < -0.3 is 29.7 Å². The monoisotopic (exact) mass is 683 g/mol. The molecule has 13 nitrogen and oxygen atoms in total. The van der Waals surface area contributed by atoms with Crippen LogP contribution in [0.15, 0.2) is 54.7 Å². The lowest BCUT2D eigenvalue weighted by Crippen LogP contribution is -2.52. The van der Waals surface area contributed by atoms with Crippen LogP contribution in [0.3, 0.4) is 0 Å². The number of rotatable bonds is 12. The number of imidazole rings is 1. The number of carbonyl (C=O) groups excluding carboxylic acids is 3. The van der Waals surface area contributed by atoms with Gasteiger partial charge >= 0.3 is 0 Å². The molecule has 0 bridgehead atoms. The second-order valence-corrected chi connectivity index (χ2v) is 11.5. The van der Waals surface area contributed by atoms with Gasteiger partial charge in [-0.1, -0.05) is 35.3 Å². The van der Waals surface area contributed by atoms with E-state index < -0.39 is 12.0 Å². The van der Waals surface area contributed by atoms with Crippen LogP contribution in [0, 0.1) is 0 Å². The number of nitrogens with one attached hydrogen (secondary N) is 2. The fraction of sp³-hybridized carbons (Fsp3) is 0.344. The van der Waals surface area contributed by atoms with E-state index in [0.29, 0.717) is 53.2 Å². The summed E-state index contributed by atoms with van der Waals surface area (Å²) < 4.78 is 19.1. The highest BCUT2D eigenvalue weighted by Crippen LogP contribution is 2.36. The molecule has 0 spiro atoms. The zero-order valence-electron chi connectivity index (χ0n) is 26.2. The number of pyridine rings is 1. The van der Waals surface area contributed by atoms with Crippen LogP contribution in [-0.4, -0.2) is 97.3 Å². The lowest BCUT2D eigenvalue weighted by Gasteiger charge is -2.31. The van der Waals surface area contributed by atoms with E-state index >= 15 is 0 Å². The number of aromatic nitrogens is 3. The number of benzene rings is 2. The second kappa shape index (κ2) is 15.4. The molecular weight excluding hydrogens is 649 g/mol. The van der Waals surface area contributed by atoms with Gasteiger partial charge in [-0.3, -0.25) is 28.8 Å². The van der Waals surface area contributed by atoms with Crippen molar-refractivity contribution in [2.45, 2.75) is 19.3 Å². The molecule has 4 aromatic rings. The number of anilines is 1. The van der Waals surface area contributed by atoms with Crippen LogP contribution in [0.1, 0.15) is 11.3 Å². The zero-order valence-corrected chi connectivity index (χ0v) is 27.7. The minimum atomic E-state index is -0.648. The zero-order chi connectivity index (χ0) is 33.5. The summed E-state index contributed by atoms with van der Waals surface area (Å²) >= 11 is 13.3. The minimum Gasteiger partial charge on any atom is -0.486 e. The Morgan fingerprint density at radius 3 is 2.70 bits per heavy atom. The van der Waals surface area contributed by atoms with Gasteiger partial charge in [-0.2, -0.15) is 4.98 Å². The predicted molar refractivity (Wildman–Crippen MR) is 177 cm³/mol. The first-order chi connectivity index (χ1) is 22.7. The summed E-state index contributed by atoms with van der Waals surface area (Å²) in [5, 5.41) is 5.78. The van der Waals surface area contributed by atoms with Gasteiger partial charge in [0.25, 0.3) is 6.01 Å². The van der Waals surface area contributed by atoms with E-state index in [-0.39, 0.29) is 43.1 Å². The summed E-state index contributed by atoms with van der Waals surface area (Å²) in [6, 6.07) is 14.9. The number of hydrogen-bond acceptors (Lipinski definition) is 9. The fourth-order valence-electron chi connectivity index (χ4n) is 5.16. The summed E-state index contributed by atoms with van der Waals surface area (Å²) in [7, 11) is 4.65. The van der Waals surface area contributed by atoms with Crippen molar-refractivity contribution in [2.24, 2.45) is 0 Å². The van der Waals surface area contributed by atoms with Gasteiger partial charge in [0.05, 0.1) is 55.3 Å². The van der Waals surface area contributed by atoms with Gasteiger partial charge in [0.2, 0.25) is 17.7 Å². The first-order valence-corrected chi connectivity index (χ1v) is 15.6. The van der Waals surface area contributed by atoms with E-state index in [9.17, 15) is 14.4 Å². The van der Waals surface area contributed by atoms with Crippen LogP contribution in [0.4, 0.5) is 5.69 Å². The second-order valence-electron chi connectivity index (χ2n) is 10.7. The molecular formula is C32H35Cl2N7O6. The Bertz CT molecular complexity index is 1750. The molecule has 1 saturated heterocycles. The van der Waals surface area contributed by atoms with Crippen molar-refractivity contribution in [3.63, 3.8) is 0 Å². The number of halogens is 2. The maximum Gasteiger partial charge on any atom is 0.297 e. The third-order valence-corrected chi connectivity index (χ3v) is 8.48. The van der Waals surface area contributed by atoms with Gasteiger partial charge in [-0.05, 0) is 36.4 Å². The van der Waals surface area contributed by atoms with Gasteiger partial charge in [0.1, 0.15) is 24.0 Å². The molecule has 15 heteroatoms. The Morgan fingerprint density at radius 2 is 1.96 bits per heavy atom. The lowest BCUT2D eigenvalue weighted by atomic mass is 10.2. The summed E-state index contributed by atoms with van der Waals surface area (Å²) in [6.07, 6.45) is 1.08. The number of nitrogens with zero attached hydrogens (tertiary/aromatic N) is 5. The van der Waals surface area contributed by atoms with E-state index in [1.807, 2.05) is 34.9 Å². The molecule has 5 rings (SSSR count). The van der Waals surface area contributed by atoms with Crippen LogP contribution < -0.4 is 25.0 Å². The van der Waals surface area contributed by atoms with Gasteiger partial charge in [-0.25, -0.2) is 0 Å². The number of ether oxygens (including phenoxy) is 3. The molecule has 1 unspecified atom stereocenters. The maximum absolute atomic E-state index is 13.1. The van der Waals surface area contributed by atoms with Gasteiger partial charge in [0, 0.05) is 44.0 Å². The molecule has 0 aliphatic carbocycles. The van der Waals surface area contributed by atoms with E-state index in [0.717, 1.165) is 11.2 Å². The highest BCUT2D eigenvalue weighted by Gasteiger charge is 2.27. The number of likely N-dealkylation sites (N-methyl/N-ethyl adjacent to an activating group) is 2. The molecule has 1 atom stereocenters. The van der Waals surface area contributed by atoms with Crippen molar-refractivity contribution in [2.75, 3.05) is 58.9 Å². The number of morpholine rings is 1. The number of carbonyl (C=O) groups is 3. The molecule has 0 radical (unpaired) electrons. The SMILES string of the molecule is CNC(=O)C1CN(CC(=O)NCC(=O)N(C)c2ccc(Cl)c(COc3cccc4c3nc(OC)n4Cc3ccccn3)c2Cl)CCO1. The Kier molecular flexibility index (Phi) is 11.1. The van der Waals surface area contributed by atoms with Crippen molar-refractivity contribution in [1.29, 1.82) is 0 Å². The fourth-order valence-corrected chi connectivity index (χ4v) is 5.76. The maximum atomic E-state index is 13.1. The summed E-state index contributed by atoms with van der Waals surface area (Å²) in [5.74, 6) is -0.503.